The van der Waals surface area contributed by atoms with Crippen molar-refractivity contribution in [3.05, 3.63) is 47.4 Å². The molecule has 5 atom stereocenters. The molecule has 8 nitrogen and oxygen atoms in total. The van der Waals surface area contributed by atoms with Crippen LogP contribution in [-0.2, 0) is 16.0 Å². The van der Waals surface area contributed by atoms with Crippen LogP contribution < -0.4 is 5.43 Å². The molecule has 5 rings (SSSR count). The average Bonchev–Trinajstić information content (AvgIpc) is 3.28. The maximum Gasteiger partial charge on any atom is 0.164 e. The average molecular weight is 430 g/mol. The van der Waals surface area contributed by atoms with Gasteiger partial charge in [-0.15, -0.1) is 0 Å². The number of hydrogen-bond donors (Lipinski definition) is 3. The van der Waals surface area contributed by atoms with E-state index >= 15 is 0 Å². The quantitative estimate of drug-likeness (QED) is 0.691. The number of halogens is 1. The minimum atomic E-state index is -1.04. The van der Waals surface area contributed by atoms with Gasteiger partial charge in [-0.25, -0.2) is 9.38 Å². The third kappa shape index (κ3) is 3.82. The first-order chi connectivity index (χ1) is 15.0. The number of hydrazine groups is 1. The Kier molecular flexibility index (Phi) is 5.43. The number of nitrogens with zero attached hydrogens (tertiary/aromatic N) is 3. The predicted octanol–water partition coefficient (Wildman–Crippen LogP) is 3.01. The molecule has 4 heterocycles. The van der Waals surface area contributed by atoms with Crippen LogP contribution in [0.2, 0.25) is 0 Å². The summed E-state index contributed by atoms with van der Waals surface area (Å²) in [7, 11) is 0. The van der Waals surface area contributed by atoms with Gasteiger partial charge >= 0.3 is 0 Å². The van der Waals surface area contributed by atoms with Gasteiger partial charge in [-0.3, -0.25) is 10.4 Å². The molecule has 1 unspecified atom stereocenters. The summed E-state index contributed by atoms with van der Waals surface area (Å²) in [6.07, 6.45) is 3.41. The predicted molar refractivity (Wildman–Crippen MR) is 112 cm³/mol. The van der Waals surface area contributed by atoms with Crippen LogP contribution in [0.25, 0.3) is 0 Å². The topological polar surface area (TPSA) is 91.5 Å². The number of aliphatic imine (C=N–C) groups is 1. The lowest BCUT2D eigenvalue weighted by Gasteiger charge is -2.28. The molecular formula is C22H27FN4O4. The molecule has 3 aliphatic rings. The molecule has 3 aliphatic heterocycles. The molecule has 0 amide bonds. The van der Waals surface area contributed by atoms with E-state index in [1.165, 1.54) is 12.1 Å². The molecular weight excluding hydrogens is 403 g/mol. The Labute approximate surface area is 179 Å². The number of benzene rings is 1. The van der Waals surface area contributed by atoms with Crippen LogP contribution in [0, 0.1) is 5.82 Å². The molecule has 0 aliphatic carbocycles. The van der Waals surface area contributed by atoms with E-state index in [1.807, 2.05) is 15.8 Å². The Morgan fingerprint density at radius 3 is 2.65 bits per heavy atom. The highest BCUT2D eigenvalue weighted by molar-refractivity contribution is 5.69. The van der Waals surface area contributed by atoms with E-state index in [9.17, 15) is 14.6 Å². The third-order valence-electron chi connectivity index (χ3n) is 6.18. The smallest absolute Gasteiger partial charge is 0.164 e. The first kappa shape index (κ1) is 20.4. The molecule has 2 aromatic rings. The number of hydrogen-bond acceptors (Lipinski definition) is 7. The van der Waals surface area contributed by atoms with E-state index in [2.05, 4.69) is 10.4 Å². The monoisotopic (exact) mass is 430 g/mol. The molecule has 0 spiro atoms. The number of aliphatic hydroxyl groups is 2. The van der Waals surface area contributed by atoms with Crippen molar-refractivity contribution >= 4 is 17.8 Å². The van der Waals surface area contributed by atoms with E-state index < -0.39 is 24.5 Å². The van der Waals surface area contributed by atoms with Gasteiger partial charge in [0.15, 0.2) is 6.23 Å². The second kappa shape index (κ2) is 8.23. The zero-order chi connectivity index (χ0) is 21.5. The minimum Gasteiger partial charge on any atom is -0.388 e. The SMILES string of the molecule is C[C@H]1O[C@@H](n2cc(C3CCCCO3)c3c2N=CN(Nc2ccc(F)cc2)C3)[C@H](O)[C@@H]1O. The molecule has 9 heteroatoms. The number of fused-ring (bicyclic) bond motifs is 1. The minimum absolute atomic E-state index is 0.0504. The summed E-state index contributed by atoms with van der Waals surface area (Å²) < 4.78 is 26.9. The fourth-order valence-electron chi connectivity index (χ4n) is 4.49. The number of nitrogens with one attached hydrogen (secondary N) is 1. The lowest BCUT2D eigenvalue weighted by Crippen LogP contribution is -2.31. The maximum absolute atomic E-state index is 13.2. The standard InChI is InChI=1S/C22H27FN4O4/c1-13-19(28)20(29)22(31-13)27-11-16(18-4-2-3-9-30-18)17-10-26(12-24-21(17)27)25-15-7-5-14(23)6-8-15/h5-8,11-13,18-20,22,25,28-29H,2-4,9-10H2,1H3/t13-,18?,19-,20-,22-/m1/s1. The molecule has 31 heavy (non-hydrogen) atoms. The summed E-state index contributed by atoms with van der Waals surface area (Å²) in [4.78, 5) is 4.63. The van der Waals surface area contributed by atoms with Gasteiger partial charge in [0.25, 0.3) is 0 Å². The van der Waals surface area contributed by atoms with Crippen molar-refractivity contribution in [1.29, 1.82) is 0 Å². The van der Waals surface area contributed by atoms with E-state index in [-0.39, 0.29) is 11.9 Å². The van der Waals surface area contributed by atoms with Crippen LogP contribution >= 0.6 is 0 Å². The molecule has 0 radical (unpaired) electrons. The molecule has 2 fully saturated rings. The van der Waals surface area contributed by atoms with Crippen LogP contribution in [0.5, 0.6) is 0 Å². The summed E-state index contributed by atoms with van der Waals surface area (Å²) in [6.45, 7) is 2.97. The van der Waals surface area contributed by atoms with Gasteiger partial charge in [0.05, 0.1) is 24.4 Å². The Hall–Kier alpha value is -2.46. The van der Waals surface area contributed by atoms with E-state index in [0.29, 0.717) is 19.0 Å². The van der Waals surface area contributed by atoms with E-state index in [4.69, 9.17) is 9.47 Å². The molecule has 166 valence electrons. The highest BCUT2D eigenvalue weighted by Crippen LogP contribution is 2.42. The van der Waals surface area contributed by atoms with Crippen molar-refractivity contribution in [2.45, 2.75) is 63.4 Å². The van der Waals surface area contributed by atoms with Crippen LogP contribution in [0.3, 0.4) is 0 Å². The van der Waals surface area contributed by atoms with Crippen LogP contribution in [0.4, 0.5) is 15.9 Å². The Balaban J connectivity index is 1.47. The fourth-order valence-corrected chi connectivity index (χ4v) is 4.49. The largest absolute Gasteiger partial charge is 0.388 e. The highest BCUT2D eigenvalue weighted by Gasteiger charge is 2.43. The van der Waals surface area contributed by atoms with Crippen molar-refractivity contribution in [2.24, 2.45) is 4.99 Å². The molecule has 0 saturated carbocycles. The van der Waals surface area contributed by atoms with Crippen molar-refractivity contribution in [3.63, 3.8) is 0 Å². The summed E-state index contributed by atoms with van der Waals surface area (Å²) in [5.74, 6) is 0.396. The Bertz CT molecular complexity index is 957. The summed E-state index contributed by atoms with van der Waals surface area (Å²) in [5.41, 5.74) is 5.97. The van der Waals surface area contributed by atoms with Crippen molar-refractivity contribution in [3.8, 4) is 0 Å². The zero-order valence-corrected chi connectivity index (χ0v) is 17.3. The molecule has 3 N–H and O–H groups in total. The number of anilines is 1. The van der Waals surface area contributed by atoms with Gasteiger partial charge in [0.2, 0.25) is 0 Å². The van der Waals surface area contributed by atoms with Gasteiger partial charge in [-0.05, 0) is 50.5 Å². The lowest BCUT2D eigenvalue weighted by molar-refractivity contribution is -0.0314. The lowest BCUT2D eigenvalue weighted by atomic mass is 10.00. The van der Waals surface area contributed by atoms with Gasteiger partial charge in [0.1, 0.15) is 30.2 Å². The molecule has 2 saturated heterocycles. The number of aromatic nitrogens is 1. The zero-order valence-electron chi connectivity index (χ0n) is 17.3. The van der Waals surface area contributed by atoms with Gasteiger partial charge in [0, 0.05) is 23.9 Å². The van der Waals surface area contributed by atoms with Gasteiger partial charge in [-0.1, -0.05) is 0 Å². The summed E-state index contributed by atoms with van der Waals surface area (Å²) in [6, 6.07) is 6.14. The van der Waals surface area contributed by atoms with Gasteiger partial charge < -0.3 is 24.3 Å². The number of ether oxygens (including phenoxy) is 2. The maximum atomic E-state index is 13.2. The molecule has 0 bridgehead atoms. The number of rotatable bonds is 4. The van der Waals surface area contributed by atoms with E-state index in [0.717, 1.165) is 36.1 Å². The first-order valence-electron chi connectivity index (χ1n) is 10.7. The van der Waals surface area contributed by atoms with Crippen molar-refractivity contribution in [2.75, 3.05) is 12.0 Å². The highest BCUT2D eigenvalue weighted by atomic mass is 19.1. The Morgan fingerprint density at radius 2 is 1.97 bits per heavy atom. The molecule has 1 aromatic carbocycles. The third-order valence-corrected chi connectivity index (χ3v) is 6.18. The van der Waals surface area contributed by atoms with Crippen LogP contribution in [0.15, 0.2) is 35.5 Å². The summed E-state index contributed by atoms with van der Waals surface area (Å²) in [5, 5.41) is 22.6. The van der Waals surface area contributed by atoms with Crippen LogP contribution in [-0.4, -0.2) is 51.0 Å². The first-order valence-corrected chi connectivity index (χ1v) is 10.7. The van der Waals surface area contributed by atoms with Crippen molar-refractivity contribution in [1.82, 2.24) is 9.58 Å². The second-order valence-corrected chi connectivity index (χ2v) is 8.35. The Morgan fingerprint density at radius 1 is 1.16 bits per heavy atom. The van der Waals surface area contributed by atoms with Crippen LogP contribution in [0.1, 0.15) is 49.6 Å². The normalized spacial score (nSPS) is 30.5. The summed E-state index contributed by atoms with van der Waals surface area (Å²) >= 11 is 0. The second-order valence-electron chi connectivity index (χ2n) is 8.35. The van der Waals surface area contributed by atoms with Crippen molar-refractivity contribution < 1.29 is 24.1 Å². The number of aliphatic hydroxyl groups excluding tert-OH is 2. The molecule has 1 aromatic heterocycles. The fraction of sp³-hybridized carbons (Fsp3) is 0.500. The van der Waals surface area contributed by atoms with E-state index in [1.54, 1.807) is 25.4 Å². The van der Waals surface area contributed by atoms with Gasteiger partial charge in [-0.2, -0.15) is 0 Å².